The van der Waals surface area contributed by atoms with Crippen molar-refractivity contribution in [3.8, 4) is 6.07 Å². The van der Waals surface area contributed by atoms with Crippen molar-refractivity contribution in [2.75, 3.05) is 13.1 Å². The lowest BCUT2D eigenvalue weighted by Crippen LogP contribution is -2.57. The SMILES string of the molecule is CC(C)(NCC(=O)NCCC#N)C(C)(C)C(=O)O. The quantitative estimate of drug-likeness (QED) is 0.575. The van der Waals surface area contributed by atoms with Crippen LogP contribution in [0.4, 0.5) is 0 Å². The molecule has 0 atom stereocenters. The maximum absolute atomic E-state index is 11.4. The number of rotatable bonds is 7. The molecule has 18 heavy (non-hydrogen) atoms. The minimum absolute atomic E-state index is 0.0230. The van der Waals surface area contributed by atoms with Gasteiger partial charge >= 0.3 is 5.97 Å². The van der Waals surface area contributed by atoms with Gasteiger partial charge in [-0.15, -0.1) is 0 Å². The minimum Gasteiger partial charge on any atom is -0.481 e. The molecule has 0 unspecified atom stereocenters. The minimum atomic E-state index is -1.00. The highest BCUT2D eigenvalue weighted by Gasteiger charge is 2.43. The molecule has 1 amide bonds. The number of hydrogen-bond acceptors (Lipinski definition) is 4. The van der Waals surface area contributed by atoms with Gasteiger partial charge < -0.3 is 15.7 Å². The van der Waals surface area contributed by atoms with Crippen molar-refractivity contribution in [3.05, 3.63) is 0 Å². The molecule has 0 saturated heterocycles. The summed E-state index contributed by atoms with van der Waals surface area (Å²) in [6, 6.07) is 1.92. The van der Waals surface area contributed by atoms with Crippen LogP contribution in [0.15, 0.2) is 0 Å². The number of hydrogen-bond donors (Lipinski definition) is 3. The topological polar surface area (TPSA) is 102 Å². The first kappa shape index (κ1) is 16.4. The molecule has 0 fully saturated rings. The zero-order valence-electron chi connectivity index (χ0n) is 11.3. The van der Waals surface area contributed by atoms with Gasteiger partial charge in [0.25, 0.3) is 0 Å². The number of nitrogens with one attached hydrogen (secondary N) is 2. The molecule has 102 valence electrons. The summed E-state index contributed by atoms with van der Waals surface area (Å²) in [6.45, 7) is 7.02. The van der Waals surface area contributed by atoms with E-state index in [9.17, 15) is 9.59 Å². The highest BCUT2D eigenvalue weighted by molar-refractivity contribution is 5.79. The summed E-state index contributed by atoms with van der Waals surface area (Å²) in [5, 5.41) is 23.0. The van der Waals surface area contributed by atoms with Crippen LogP contribution in [0.25, 0.3) is 0 Å². The highest BCUT2D eigenvalue weighted by atomic mass is 16.4. The number of nitriles is 1. The van der Waals surface area contributed by atoms with Crippen molar-refractivity contribution in [2.45, 2.75) is 39.7 Å². The third-order valence-electron chi connectivity index (χ3n) is 3.35. The Kier molecular flexibility index (Phi) is 5.79. The van der Waals surface area contributed by atoms with Crippen LogP contribution in [0.1, 0.15) is 34.1 Å². The van der Waals surface area contributed by atoms with Crippen LogP contribution >= 0.6 is 0 Å². The molecule has 6 heteroatoms. The third-order valence-corrected chi connectivity index (χ3v) is 3.35. The summed E-state index contributed by atoms with van der Waals surface area (Å²) in [5.74, 6) is -1.18. The third kappa shape index (κ3) is 4.34. The molecule has 0 aromatic rings. The molecule has 0 radical (unpaired) electrons. The van der Waals surface area contributed by atoms with Crippen LogP contribution < -0.4 is 10.6 Å². The van der Waals surface area contributed by atoms with E-state index in [1.54, 1.807) is 27.7 Å². The second kappa shape index (κ2) is 6.36. The Hall–Kier alpha value is -1.61. The summed E-state index contributed by atoms with van der Waals surface area (Å²) in [4.78, 5) is 22.6. The average Bonchev–Trinajstić information content (AvgIpc) is 2.26. The highest BCUT2D eigenvalue weighted by Crippen LogP contribution is 2.30. The maximum Gasteiger partial charge on any atom is 0.310 e. The molecule has 0 aliphatic heterocycles. The van der Waals surface area contributed by atoms with Crippen LogP contribution in [0.2, 0.25) is 0 Å². The predicted molar refractivity (Wildman–Crippen MR) is 66.7 cm³/mol. The van der Waals surface area contributed by atoms with Gasteiger partial charge in [0.2, 0.25) is 5.91 Å². The van der Waals surface area contributed by atoms with Crippen molar-refractivity contribution in [2.24, 2.45) is 5.41 Å². The lowest BCUT2D eigenvalue weighted by molar-refractivity contribution is -0.151. The molecule has 0 rings (SSSR count). The summed E-state index contributed by atoms with van der Waals surface area (Å²) in [7, 11) is 0. The molecule has 0 aromatic heterocycles. The summed E-state index contributed by atoms with van der Waals surface area (Å²) >= 11 is 0. The zero-order valence-corrected chi connectivity index (χ0v) is 11.3. The van der Waals surface area contributed by atoms with Crippen LogP contribution in [0.3, 0.4) is 0 Å². The Morgan fingerprint density at radius 2 is 1.83 bits per heavy atom. The molecule has 3 N–H and O–H groups in total. The molecule has 6 nitrogen and oxygen atoms in total. The van der Waals surface area contributed by atoms with Crippen molar-refractivity contribution in [1.29, 1.82) is 5.26 Å². The molecule has 0 saturated carbocycles. The molecule has 0 bridgehead atoms. The van der Waals surface area contributed by atoms with Gasteiger partial charge in [-0.05, 0) is 27.7 Å². The van der Waals surface area contributed by atoms with Gasteiger partial charge in [-0.2, -0.15) is 5.26 Å². The number of nitrogens with zero attached hydrogens (tertiary/aromatic N) is 1. The smallest absolute Gasteiger partial charge is 0.310 e. The summed E-state index contributed by atoms with van der Waals surface area (Å²) in [6.07, 6.45) is 0.260. The number of aliphatic carboxylic acids is 1. The lowest BCUT2D eigenvalue weighted by Gasteiger charge is -2.38. The van der Waals surface area contributed by atoms with Gasteiger partial charge in [-0.1, -0.05) is 0 Å². The van der Waals surface area contributed by atoms with Crippen LogP contribution in [-0.2, 0) is 9.59 Å². The number of carbonyl (C=O) groups excluding carboxylic acids is 1. The lowest BCUT2D eigenvalue weighted by atomic mass is 9.74. The standard InChI is InChI=1S/C12H21N3O3/c1-11(2,10(17)18)12(3,4)15-8-9(16)14-7-5-6-13/h15H,5,7-8H2,1-4H3,(H,14,16)(H,17,18). The van der Waals surface area contributed by atoms with Gasteiger partial charge in [0, 0.05) is 12.1 Å². The van der Waals surface area contributed by atoms with Crippen LogP contribution in [-0.4, -0.2) is 35.6 Å². The second-order valence-corrected chi connectivity index (χ2v) is 5.17. The van der Waals surface area contributed by atoms with E-state index >= 15 is 0 Å². The molecular weight excluding hydrogens is 234 g/mol. The Balaban J connectivity index is 4.32. The maximum atomic E-state index is 11.4. The molecule has 0 aromatic carbocycles. The van der Waals surface area contributed by atoms with Crippen LogP contribution in [0, 0.1) is 16.7 Å². The number of carboxylic acid groups (broad SMARTS) is 1. The van der Waals surface area contributed by atoms with Gasteiger partial charge in [-0.25, -0.2) is 0 Å². The van der Waals surface area contributed by atoms with Crippen molar-refractivity contribution in [3.63, 3.8) is 0 Å². The monoisotopic (exact) mass is 255 g/mol. The molecular formula is C12H21N3O3. The predicted octanol–water partition coefficient (Wildman–Crippen LogP) is 0.495. The van der Waals surface area contributed by atoms with E-state index in [2.05, 4.69) is 10.6 Å². The summed E-state index contributed by atoms with van der Waals surface area (Å²) < 4.78 is 0. The number of amides is 1. The fraction of sp³-hybridized carbons (Fsp3) is 0.750. The van der Waals surface area contributed by atoms with E-state index < -0.39 is 16.9 Å². The van der Waals surface area contributed by atoms with Crippen LogP contribution in [0.5, 0.6) is 0 Å². The fourth-order valence-corrected chi connectivity index (χ4v) is 1.11. The summed E-state index contributed by atoms with van der Waals surface area (Å²) in [5.41, 5.74) is -1.73. The fourth-order valence-electron chi connectivity index (χ4n) is 1.11. The first-order valence-electron chi connectivity index (χ1n) is 5.77. The first-order chi connectivity index (χ1) is 8.15. The van der Waals surface area contributed by atoms with E-state index in [1.807, 2.05) is 6.07 Å². The van der Waals surface area contributed by atoms with Gasteiger partial charge in [-0.3, -0.25) is 9.59 Å². The largest absolute Gasteiger partial charge is 0.481 e. The van der Waals surface area contributed by atoms with Crippen molar-refractivity contribution >= 4 is 11.9 Å². The molecule has 0 aliphatic carbocycles. The van der Waals surface area contributed by atoms with E-state index in [0.29, 0.717) is 6.54 Å². The average molecular weight is 255 g/mol. The second-order valence-electron chi connectivity index (χ2n) is 5.17. The Labute approximate surface area is 107 Å². The molecule has 0 spiro atoms. The van der Waals surface area contributed by atoms with E-state index in [0.717, 1.165) is 0 Å². The number of carboxylic acids is 1. The van der Waals surface area contributed by atoms with E-state index in [-0.39, 0.29) is 18.9 Å². The first-order valence-corrected chi connectivity index (χ1v) is 5.77. The van der Waals surface area contributed by atoms with Crippen molar-refractivity contribution < 1.29 is 14.7 Å². The Morgan fingerprint density at radius 3 is 2.28 bits per heavy atom. The van der Waals surface area contributed by atoms with Gasteiger partial charge in [0.15, 0.2) is 0 Å². The number of carbonyl (C=O) groups is 2. The van der Waals surface area contributed by atoms with E-state index in [4.69, 9.17) is 10.4 Å². The van der Waals surface area contributed by atoms with E-state index in [1.165, 1.54) is 0 Å². The van der Waals surface area contributed by atoms with Gasteiger partial charge in [0.05, 0.1) is 24.4 Å². The Bertz CT molecular complexity index is 356. The normalized spacial score (nSPS) is 11.7. The van der Waals surface area contributed by atoms with Crippen molar-refractivity contribution in [1.82, 2.24) is 10.6 Å². The Morgan fingerprint density at radius 1 is 1.28 bits per heavy atom. The zero-order chi connectivity index (χ0) is 14.4. The molecule has 0 aliphatic rings. The molecule has 0 heterocycles. The van der Waals surface area contributed by atoms with Gasteiger partial charge in [0.1, 0.15) is 0 Å².